The van der Waals surface area contributed by atoms with Crippen LogP contribution in [-0.2, 0) is 32.0 Å². The van der Waals surface area contributed by atoms with Gasteiger partial charge in [0, 0.05) is 11.1 Å². The molecule has 0 aliphatic heterocycles. The topological polar surface area (TPSA) is 158 Å². The van der Waals surface area contributed by atoms with E-state index in [0.717, 1.165) is 47.9 Å². The molecule has 4 aromatic carbocycles. The Kier molecular flexibility index (Phi) is 22.4. The molecule has 76 heavy (non-hydrogen) atoms. The molecule has 4 rings (SSSR count). The number of ketones is 2. The number of hydrogen-bond donors (Lipinski definition) is 0. The first-order valence-corrected chi connectivity index (χ1v) is 26.2. The highest BCUT2D eigenvalue weighted by atomic mass is 16.6. The predicted molar refractivity (Wildman–Crippen MR) is 302 cm³/mol. The van der Waals surface area contributed by atoms with E-state index in [1.807, 2.05) is 26.0 Å². The van der Waals surface area contributed by atoms with E-state index in [0.29, 0.717) is 56.8 Å². The number of benzene rings is 4. The van der Waals surface area contributed by atoms with Crippen molar-refractivity contribution in [1.29, 1.82) is 0 Å². The summed E-state index contributed by atoms with van der Waals surface area (Å²) in [6, 6.07) is 16.9. The highest BCUT2D eigenvalue weighted by Crippen LogP contribution is 2.44. The van der Waals surface area contributed by atoms with Crippen molar-refractivity contribution in [3.8, 4) is 34.5 Å². The van der Waals surface area contributed by atoms with Gasteiger partial charge in [-0.25, -0.2) is 0 Å². The van der Waals surface area contributed by atoms with Crippen molar-refractivity contribution < 1.29 is 57.2 Å². The van der Waals surface area contributed by atoms with Crippen molar-refractivity contribution in [2.75, 3.05) is 14.2 Å². The number of aryl methyl sites for hydroxylation is 2. The lowest BCUT2D eigenvalue weighted by atomic mass is 9.90. The SMILES string of the molecule is CCCc1cc(CCC)c(OC(=O)C(C)(C)C)c(/C=C/C(=O)c2ccc(OC(=O)C(C)(C)C)cc2)c1OC.COc1c(C(C)C)cc(C(C)C)c(OC(=O)C(C)(C)C)c1/C=C/C(=O)c1ccc(OC(=O)C(C)(C)C)cc1. The molecule has 0 aliphatic carbocycles. The Morgan fingerprint density at radius 3 is 1.08 bits per heavy atom. The number of rotatable bonds is 18. The summed E-state index contributed by atoms with van der Waals surface area (Å²) >= 11 is 0. The normalized spacial score (nSPS) is 12.1. The molecule has 0 fully saturated rings. The summed E-state index contributed by atoms with van der Waals surface area (Å²) in [5.74, 6) is 0.993. The molecule has 12 nitrogen and oxygen atoms in total. The summed E-state index contributed by atoms with van der Waals surface area (Å²) in [6.45, 7) is 33.8. The summed E-state index contributed by atoms with van der Waals surface area (Å²) < 4.78 is 34.3. The molecule has 412 valence electrons. The Morgan fingerprint density at radius 1 is 0.434 bits per heavy atom. The first kappa shape index (κ1) is 63.5. The smallest absolute Gasteiger partial charge is 0.316 e. The molecular weight excluding hydrogens is 961 g/mol. The maximum atomic E-state index is 13.1. The number of hydrogen-bond acceptors (Lipinski definition) is 12. The molecule has 0 aliphatic rings. The largest absolute Gasteiger partial charge is 0.496 e. The van der Waals surface area contributed by atoms with Gasteiger partial charge >= 0.3 is 23.9 Å². The van der Waals surface area contributed by atoms with E-state index in [4.69, 9.17) is 28.4 Å². The van der Waals surface area contributed by atoms with E-state index in [9.17, 15) is 28.8 Å². The molecule has 12 heteroatoms. The van der Waals surface area contributed by atoms with Crippen LogP contribution in [-0.4, -0.2) is 49.7 Å². The Balaban J connectivity index is 0.000000400. The summed E-state index contributed by atoms with van der Waals surface area (Å²) in [5.41, 5.74) is 3.03. The number of allylic oxidation sites excluding steroid dienone is 2. The van der Waals surface area contributed by atoms with Gasteiger partial charge in [0.25, 0.3) is 0 Å². The van der Waals surface area contributed by atoms with E-state index >= 15 is 0 Å². The molecule has 4 aromatic rings. The lowest BCUT2D eigenvalue weighted by Crippen LogP contribution is -2.26. The molecule has 0 heterocycles. The van der Waals surface area contributed by atoms with E-state index in [1.165, 1.54) is 12.2 Å². The van der Waals surface area contributed by atoms with Gasteiger partial charge in [-0.2, -0.15) is 0 Å². The maximum Gasteiger partial charge on any atom is 0.316 e. The minimum Gasteiger partial charge on any atom is -0.496 e. The zero-order valence-corrected chi connectivity index (χ0v) is 49.0. The molecule has 0 atom stereocenters. The van der Waals surface area contributed by atoms with Gasteiger partial charge in [0.15, 0.2) is 11.6 Å². The van der Waals surface area contributed by atoms with Crippen LogP contribution in [0.15, 0.2) is 72.8 Å². The quantitative estimate of drug-likeness (QED) is 0.0402. The number of esters is 4. The van der Waals surface area contributed by atoms with Crippen LogP contribution in [0.25, 0.3) is 12.2 Å². The van der Waals surface area contributed by atoms with Gasteiger partial charge in [0.2, 0.25) is 0 Å². The molecular formula is C64H84O12. The molecule has 0 spiro atoms. The minimum atomic E-state index is -0.715. The first-order valence-electron chi connectivity index (χ1n) is 26.2. The third kappa shape index (κ3) is 17.6. The fraction of sp³-hybridized carbons (Fsp3) is 0.469. The molecule has 0 bridgehead atoms. The monoisotopic (exact) mass is 1040 g/mol. The number of methoxy groups -OCH3 is 2. The van der Waals surface area contributed by atoms with Gasteiger partial charge in [-0.3, -0.25) is 28.8 Å². The summed E-state index contributed by atoms with van der Waals surface area (Å²) in [6.07, 6.45) is 9.50. The average Bonchev–Trinajstić information content (AvgIpc) is 3.32. The van der Waals surface area contributed by atoms with Gasteiger partial charge in [0.05, 0.1) is 47.0 Å². The van der Waals surface area contributed by atoms with E-state index in [1.54, 1.807) is 158 Å². The molecule has 0 radical (unpaired) electrons. The summed E-state index contributed by atoms with van der Waals surface area (Å²) in [7, 11) is 3.16. The van der Waals surface area contributed by atoms with Crippen LogP contribution < -0.4 is 28.4 Å². The van der Waals surface area contributed by atoms with E-state index in [2.05, 4.69) is 27.7 Å². The fourth-order valence-electron chi connectivity index (χ4n) is 7.17. The standard InChI is InChI=1S/2C32H42O6/c1-19(2)24-18-25(20(3)4)28(38-30(35)32(8,9)10)23(27(24)36-11)16-17-26(33)21-12-14-22(15-13-21)37-29(34)31(5,6)7;1-10-12-22-20-23(13-11-2)28(38-30(35)32(6,7)8)25(27(22)36-9)18-19-26(33)21-14-16-24(17-15-21)37-29(34)31(3,4)5/h12-20H,1-11H3;14-20H,10-13H2,1-9H3/b17-16+;19-18+. The molecule has 0 unspecified atom stereocenters. The maximum absolute atomic E-state index is 13.1. The first-order chi connectivity index (χ1) is 35.2. The van der Waals surface area contributed by atoms with Crippen molar-refractivity contribution in [2.24, 2.45) is 21.7 Å². The molecule has 0 amide bonds. The second kappa shape index (κ2) is 26.8. The molecule has 0 saturated carbocycles. The van der Waals surface area contributed by atoms with Crippen molar-refractivity contribution in [1.82, 2.24) is 0 Å². The van der Waals surface area contributed by atoms with Crippen LogP contribution in [0.2, 0.25) is 0 Å². The van der Waals surface area contributed by atoms with E-state index < -0.39 is 21.7 Å². The van der Waals surface area contributed by atoms with Crippen LogP contribution in [0.1, 0.15) is 203 Å². The molecule has 0 aromatic heterocycles. The second-order valence-corrected chi connectivity index (χ2v) is 23.6. The lowest BCUT2D eigenvalue weighted by molar-refractivity contribution is -0.143. The Labute approximate surface area is 452 Å². The Bertz CT molecular complexity index is 2760. The summed E-state index contributed by atoms with van der Waals surface area (Å²) in [4.78, 5) is 76.3. The predicted octanol–water partition coefficient (Wildman–Crippen LogP) is 15.1. The Morgan fingerprint density at radius 2 is 0.750 bits per heavy atom. The van der Waals surface area contributed by atoms with Gasteiger partial charge < -0.3 is 28.4 Å². The van der Waals surface area contributed by atoms with Gasteiger partial charge in [0.1, 0.15) is 34.5 Å². The van der Waals surface area contributed by atoms with Crippen LogP contribution in [0.5, 0.6) is 34.5 Å². The average molecular weight is 1050 g/mol. The third-order valence-electron chi connectivity index (χ3n) is 11.8. The lowest BCUT2D eigenvalue weighted by Gasteiger charge is -2.25. The number of ether oxygens (including phenoxy) is 6. The Hall–Kier alpha value is -6.82. The fourth-order valence-corrected chi connectivity index (χ4v) is 7.17. The third-order valence-corrected chi connectivity index (χ3v) is 11.8. The van der Waals surface area contributed by atoms with Crippen molar-refractivity contribution >= 4 is 47.6 Å². The minimum absolute atomic E-state index is 0.0624. The van der Waals surface area contributed by atoms with Crippen molar-refractivity contribution in [2.45, 2.75) is 162 Å². The van der Waals surface area contributed by atoms with Crippen molar-refractivity contribution in [3.63, 3.8) is 0 Å². The van der Waals surface area contributed by atoms with Crippen LogP contribution in [0.3, 0.4) is 0 Å². The zero-order valence-electron chi connectivity index (χ0n) is 49.0. The van der Waals surface area contributed by atoms with E-state index in [-0.39, 0.29) is 47.3 Å². The van der Waals surface area contributed by atoms with Gasteiger partial charge in [-0.1, -0.05) is 54.4 Å². The van der Waals surface area contributed by atoms with Crippen molar-refractivity contribution in [3.05, 3.63) is 117 Å². The number of carbonyl (C=O) groups is 6. The van der Waals surface area contributed by atoms with Gasteiger partial charge in [-0.15, -0.1) is 0 Å². The summed E-state index contributed by atoms with van der Waals surface area (Å²) in [5, 5.41) is 0. The van der Waals surface area contributed by atoms with Crippen LogP contribution >= 0.6 is 0 Å². The second-order valence-electron chi connectivity index (χ2n) is 23.6. The molecule has 0 saturated heterocycles. The highest BCUT2D eigenvalue weighted by Gasteiger charge is 2.31. The number of carbonyl (C=O) groups excluding carboxylic acids is 6. The van der Waals surface area contributed by atoms with Gasteiger partial charge in [-0.05, 0) is 215 Å². The van der Waals surface area contributed by atoms with Crippen LogP contribution in [0.4, 0.5) is 0 Å². The molecule has 0 N–H and O–H groups in total. The zero-order chi connectivity index (χ0) is 57.7. The van der Waals surface area contributed by atoms with Crippen LogP contribution in [0, 0.1) is 21.7 Å². The highest BCUT2D eigenvalue weighted by molar-refractivity contribution is 6.08.